The first-order valence-electron chi connectivity index (χ1n) is 6.24. The van der Waals surface area contributed by atoms with Crippen LogP contribution in [0.5, 0.6) is 5.75 Å². The van der Waals surface area contributed by atoms with Gasteiger partial charge in [0.15, 0.2) is 0 Å². The molecule has 0 unspecified atom stereocenters. The van der Waals surface area contributed by atoms with Crippen LogP contribution in [0.2, 0.25) is 5.02 Å². The van der Waals surface area contributed by atoms with Crippen LogP contribution < -0.4 is 4.74 Å². The van der Waals surface area contributed by atoms with Crippen molar-refractivity contribution in [3.8, 4) is 5.75 Å². The zero-order valence-electron chi connectivity index (χ0n) is 11.4. The molecule has 0 atom stereocenters. The van der Waals surface area contributed by atoms with E-state index in [1.807, 2.05) is 32.9 Å². The number of rotatable bonds is 2. The fourth-order valence-corrected chi connectivity index (χ4v) is 1.82. The van der Waals surface area contributed by atoms with Gasteiger partial charge in [0.1, 0.15) is 17.5 Å². The van der Waals surface area contributed by atoms with Crippen molar-refractivity contribution in [1.82, 2.24) is 4.90 Å². The van der Waals surface area contributed by atoms with Crippen molar-refractivity contribution in [1.29, 1.82) is 0 Å². The van der Waals surface area contributed by atoms with Crippen molar-refractivity contribution >= 4 is 17.7 Å². The van der Waals surface area contributed by atoms with Crippen molar-refractivity contribution in [3.63, 3.8) is 0 Å². The number of benzene rings is 1. The van der Waals surface area contributed by atoms with E-state index in [1.165, 1.54) is 0 Å². The lowest BCUT2D eigenvalue weighted by molar-refractivity contribution is -0.0221. The van der Waals surface area contributed by atoms with Crippen molar-refractivity contribution in [2.75, 3.05) is 13.1 Å². The van der Waals surface area contributed by atoms with Crippen LogP contribution in [0.3, 0.4) is 0 Å². The number of hydrogen-bond donors (Lipinski definition) is 0. The molecule has 1 aliphatic heterocycles. The van der Waals surface area contributed by atoms with E-state index in [4.69, 9.17) is 21.1 Å². The van der Waals surface area contributed by atoms with Gasteiger partial charge in [-0.25, -0.2) is 4.79 Å². The summed E-state index contributed by atoms with van der Waals surface area (Å²) in [6.45, 7) is 6.67. The molecule has 0 spiro atoms. The van der Waals surface area contributed by atoms with Crippen molar-refractivity contribution < 1.29 is 14.3 Å². The minimum atomic E-state index is -0.459. The number of halogens is 1. The third kappa shape index (κ3) is 4.03. The minimum Gasteiger partial charge on any atom is -0.487 e. The Morgan fingerprint density at radius 2 is 1.84 bits per heavy atom. The van der Waals surface area contributed by atoms with Gasteiger partial charge in [0, 0.05) is 5.02 Å². The summed E-state index contributed by atoms with van der Waals surface area (Å²) in [7, 11) is 0. The average Bonchev–Trinajstić information content (AvgIpc) is 2.22. The third-order valence-electron chi connectivity index (χ3n) is 2.62. The van der Waals surface area contributed by atoms with Crippen molar-refractivity contribution in [3.05, 3.63) is 29.3 Å². The van der Waals surface area contributed by atoms with Crippen LogP contribution in [0.15, 0.2) is 24.3 Å². The lowest BCUT2D eigenvalue weighted by Gasteiger charge is -2.39. The van der Waals surface area contributed by atoms with E-state index in [2.05, 4.69) is 0 Å². The molecular formula is C14H18ClNO3. The Labute approximate surface area is 118 Å². The molecule has 1 aromatic rings. The molecule has 1 aliphatic rings. The molecule has 5 heteroatoms. The Morgan fingerprint density at radius 1 is 1.26 bits per heavy atom. The lowest BCUT2D eigenvalue weighted by atomic mass is 10.1. The first-order chi connectivity index (χ1) is 8.83. The van der Waals surface area contributed by atoms with E-state index < -0.39 is 5.60 Å². The Kier molecular flexibility index (Phi) is 3.90. The molecule has 1 aromatic carbocycles. The van der Waals surface area contributed by atoms with Crippen LogP contribution in [0.25, 0.3) is 0 Å². The molecule has 0 saturated carbocycles. The van der Waals surface area contributed by atoms with E-state index in [0.717, 1.165) is 5.75 Å². The lowest BCUT2D eigenvalue weighted by Crippen LogP contribution is -2.57. The second-order valence-corrected chi connectivity index (χ2v) is 6.02. The maximum atomic E-state index is 11.7. The predicted molar refractivity (Wildman–Crippen MR) is 73.7 cm³/mol. The highest BCUT2D eigenvalue weighted by Gasteiger charge is 2.35. The van der Waals surface area contributed by atoms with Crippen LogP contribution in [-0.2, 0) is 4.74 Å². The van der Waals surface area contributed by atoms with E-state index >= 15 is 0 Å². The first kappa shape index (κ1) is 14.0. The number of amides is 1. The highest BCUT2D eigenvalue weighted by molar-refractivity contribution is 6.30. The molecule has 0 bridgehead atoms. The Balaban J connectivity index is 1.77. The van der Waals surface area contributed by atoms with Crippen LogP contribution in [0.4, 0.5) is 4.79 Å². The number of ether oxygens (including phenoxy) is 2. The van der Waals surface area contributed by atoms with E-state index in [9.17, 15) is 4.79 Å². The summed E-state index contributed by atoms with van der Waals surface area (Å²) < 4.78 is 11.0. The zero-order valence-corrected chi connectivity index (χ0v) is 12.1. The van der Waals surface area contributed by atoms with Crippen LogP contribution >= 0.6 is 11.6 Å². The molecule has 0 aromatic heterocycles. The molecule has 1 fully saturated rings. The summed E-state index contributed by atoms with van der Waals surface area (Å²) in [6.07, 6.45) is -0.267. The van der Waals surface area contributed by atoms with Gasteiger partial charge in [0.05, 0.1) is 13.1 Å². The number of carbonyl (C=O) groups excluding carboxylic acids is 1. The van der Waals surface area contributed by atoms with Gasteiger partial charge < -0.3 is 14.4 Å². The molecule has 19 heavy (non-hydrogen) atoms. The quantitative estimate of drug-likeness (QED) is 0.835. The van der Waals surface area contributed by atoms with Gasteiger partial charge >= 0.3 is 6.09 Å². The fourth-order valence-electron chi connectivity index (χ4n) is 1.69. The van der Waals surface area contributed by atoms with Gasteiger partial charge in [-0.3, -0.25) is 0 Å². The molecule has 0 N–H and O–H groups in total. The van der Waals surface area contributed by atoms with Crippen LogP contribution in [0, 0.1) is 0 Å². The fraction of sp³-hybridized carbons (Fsp3) is 0.500. The number of nitrogens with zero attached hydrogens (tertiary/aromatic N) is 1. The summed E-state index contributed by atoms with van der Waals surface area (Å²) in [6, 6.07) is 7.19. The van der Waals surface area contributed by atoms with Gasteiger partial charge in [-0.2, -0.15) is 0 Å². The Hall–Kier alpha value is -1.42. The maximum absolute atomic E-state index is 11.7. The standard InChI is InChI=1S/C14H18ClNO3/c1-14(2,3)19-13(17)16-8-12(9-16)18-11-6-4-10(15)5-7-11/h4-7,12H,8-9H2,1-3H3. The van der Waals surface area contributed by atoms with Gasteiger partial charge in [-0.15, -0.1) is 0 Å². The van der Waals surface area contributed by atoms with Gasteiger partial charge in [-0.05, 0) is 45.0 Å². The van der Waals surface area contributed by atoms with E-state index in [-0.39, 0.29) is 12.2 Å². The third-order valence-corrected chi connectivity index (χ3v) is 2.87. The summed E-state index contributed by atoms with van der Waals surface area (Å²) in [5, 5.41) is 0.677. The average molecular weight is 284 g/mol. The minimum absolute atomic E-state index is 0.0219. The molecule has 4 nitrogen and oxygen atoms in total. The molecule has 0 aliphatic carbocycles. The molecule has 1 saturated heterocycles. The Morgan fingerprint density at radius 3 is 2.37 bits per heavy atom. The first-order valence-corrected chi connectivity index (χ1v) is 6.61. The zero-order chi connectivity index (χ0) is 14.0. The van der Waals surface area contributed by atoms with Gasteiger partial charge in [0.2, 0.25) is 0 Å². The summed E-state index contributed by atoms with van der Waals surface area (Å²) in [4.78, 5) is 13.3. The number of carbonyl (C=O) groups is 1. The number of hydrogen-bond acceptors (Lipinski definition) is 3. The molecule has 2 rings (SSSR count). The van der Waals surface area contributed by atoms with Crippen LogP contribution in [-0.4, -0.2) is 35.8 Å². The highest BCUT2D eigenvalue weighted by atomic mass is 35.5. The predicted octanol–water partition coefficient (Wildman–Crippen LogP) is 3.34. The Bertz CT molecular complexity index is 447. The second kappa shape index (κ2) is 5.29. The molecule has 0 radical (unpaired) electrons. The highest BCUT2D eigenvalue weighted by Crippen LogP contribution is 2.21. The largest absolute Gasteiger partial charge is 0.487 e. The number of likely N-dealkylation sites (tertiary alicyclic amines) is 1. The van der Waals surface area contributed by atoms with Gasteiger partial charge in [0.25, 0.3) is 0 Å². The van der Waals surface area contributed by atoms with Crippen LogP contribution in [0.1, 0.15) is 20.8 Å². The molecule has 1 amide bonds. The summed E-state index contributed by atoms with van der Waals surface area (Å²) >= 11 is 5.80. The molecule has 1 heterocycles. The maximum Gasteiger partial charge on any atom is 0.410 e. The topological polar surface area (TPSA) is 38.8 Å². The van der Waals surface area contributed by atoms with Gasteiger partial charge in [-0.1, -0.05) is 11.6 Å². The monoisotopic (exact) mass is 283 g/mol. The van der Waals surface area contributed by atoms with E-state index in [0.29, 0.717) is 18.1 Å². The molecular weight excluding hydrogens is 266 g/mol. The summed E-state index contributed by atoms with van der Waals surface area (Å²) in [5.74, 6) is 0.762. The molecule has 104 valence electrons. The SMILES string of the molecule is CC(C)(C)OC(=O)N1CC(Oc2ccc(Cl)cc2)C1. The second-order valence-electron chi connectivity index (χ2n) is 5.58. The van der Waals surface area contributed by atoms with Crippen molar-refractivity contribution in [2.45, 2.75) is 32.5 Å². The van der Waals surface area contributed by atoms with Crippen molar-refractivity contribution in [2.24, 2.45) is 0 Å². The van der Waals surface area contributed by atoms with E-state index in [1.54, 1.807) is 17.0 Å². The normalized spacial score (nSPS) is 15.9. The summed E-state index contributed by atoms with van der Waals surface area (Å²) in [5.41, 5.74) is -0.459. The smallest absolute Gasteiger partial charge is 0.410 e.